The predicted molar refractivity (Wildman–Crippen MR) is 54.9 cm³/mol. The summed E-state index contributed by atoms with van der Waals surface area (Å²) in [6, 6.07) is 0.150. The van der Waals surface area contributed by atoms with Crippen molar-refractivity contribution in [2.24, 2.45) is 11.7 Å². The van der Waals surface area contributed by atoms with Crippen molar-refractivity contribution in [3.05, 3.63) is 11.6 Å². The first-order chi connectivity index (χ1) is 6.65. The fraction of sp³-hybridized carbons (Fsp3) is 0.800. The topological polar surface area (TPSA) is 56.7 Å². The van der Waals surface area contributed by atoms with Crippen LogP contribution < -0.4 is 5.73 Å². The third-order valence-electron chi connectivity index (χ3n) is 2.66. The van der Waals surface area contributed by atoms with Gasteiger partial charge < -0.3 is 5.73 Å². The summed E-state index contributed by atoms with van der Waals surface area (Å²) >= 11 is 0. The van der Waals surface area contributed by atoms with E-state index in [1.165, 1.54) is 6.42 Å². The predicted octanol–water partition coefficient (Wildman–Crippen LogP) is 0.750. The van der Waals surface area contributed by atoms with Crippen LogP contribution in [-0.2, 0) is 19.4 Å². The highest BCUT2D eigenvalue weighted by molar-refractivity contribution is 4.98. The molecule has 0 bridgehead atoms. The van der Waals surface area contributed by atoms with Crippen LogP contribution >= 0.6 is 0 Å². The average molecular weight is 194 g/mol. The second-order valence-corrected chi connectivity index (χ2v) is 4.45. The van der Waals surface area contributed by atoms with Crippen LogP contribution in [0.15, 0.2) is 0 Å². The summed E-state index contributed by atoms with van der Waals surface area (Å²) in [5.74, 6) is 2.79. The van der Waals surface area contributed by atoms with E-state index in [1.54, 1.807) is 0 Å². The molecule has 2 unspecified atom stereocenters. The van der Waals surface area contributed by atoms with Gasteiger partial charge in [-0.15, -0.1) is 0 Å². The van der Waals surface area contributed by atoms with Crippen LogP contribution in [0.1, 0.15) is 31.9 Å². The Morgan fingerprint density at radius 1 is 1.64 bits per heavy atom. The van der Waals surface area contributed by atoms with E-state index in [-0.39, 0.29) is 6.04 Å². The van der Waals surface area contributed by atoms with Gasteiger partial charge in [0.05, 0.1) is 0 Å². The van der Waals surface area contributed by atoms with Gasteiger partial charge in [-0.1, -0.05) is 6.92 Å². The van der Waals surface area contributed by atoms with Gasteiger partial charge in [0.2, 0.25) is 0 Å². The number of aromatic nitrogens is 3. The van der Waals surface area contributed by atoms with Crippen molar-refractivity contribution >= 4 is 0 Å². The summed E-state index contributed by atoms with van der Waals surface area (Å²) in [5.41, 5.74) is 5.72. The first-order valence-corrected chi connectivity index (χ1v) is 5.33. The Hall–Kier alpha value is -0.900. The van der Waals surface area contributed by atoms with Gasteiger partial charge in [0, 0.05) is 25.4 Å². The zero-order chi connectivity index (χ0) is 10.1. The molecule has 78 valence electrons. The van der Waals surface area contributed by atoms with Crippen molar-refractivity contribution in [1.82, 2.24) is 14.8 Å². The third-order valence-corrected chi connectivity index (χ3v) is 2.66. The molecule has 0 aliphatic carbocycles. The minimum absolute atomic E-state index is 0.150. The van der Waals surface area contributed by atoms with E-state index >= 15 is 0 Å². The Labute approximate surface area is 84.5 Å². The molecule has 1 aromatic rings. The largest absolute Gasteiger partial charge is 0.328 e. The lowest BCUT2D eigenvalue weighted by atomic mass is 10.0. The van der Waals surface area contributed by atoms with Crippen LogP contribution in [0.4, 0.5) is 0 Å². The smallest absolute Gasteiger partial charge is 0.152 e. The molecule has 0 spiro atoms. The third kappa shape index (κ3) is 1.95. The Balaban J connectivity index is 2.15. The maximum atomic E-state index is 5.72. The standard InChI is InChI=1S/C10H18N4/c1-7-3-4-14-10(5-7)12-9(13-14)6-8(2)11/h7-8H,3-6,11H2,1-2H3. The molecule has 1 aliphatic heterocycles. The highest BCUT2D eigenvalue weighted by Crippen LogP contribution is 2.17. The zero-order valence-electron chi connectivity index (χ0n) is 8.90. The summed E-state index contributed by atoms with van der Waals surface area (Å²) in [6.07, 6.45) is 3.06. The summed E-state index contributed by atoms with van der Waals surface area (Å²) in [5, 5.41) is 4.45. The van der Waals surface area contributed by atoms with Crippen molar-refractivity contribution in [3.8, 4) is 0 Å². The average Bonchev–Trinajstić information content (AvgIpc) is 2.44. The van der Waals surface area contributed by atoms with Crippen molar-refractivity contribution in [2.75, 3.05) is 0 Å². The number of hydrogen-bond acceptors (Lipinski definition) is 3. The fourth-order valence-electron chi connectivity index (χ4n) is 1.89. The number of fused-ring (bicyclic) bond motifs is 1. The monoisotopic (exact) mass is 194 g/mol. The van der Waals surface area contributed by atoms with E-state index < -0.39 is 0 Å². The van der Waals surface area contributed by atoms with E-state index in [0.29, 0.717) is 0 Å². The molecule has 2 N–H and O–H groups in total. The summed E-state index contributed by atoms with van der Waals surface area (Å²) in [6.45, 7) is 5.27. The van der Waals surface area contributed by atoms with Crippen LogP contribution in [0.3, 0.4) is 0 Å². The fourth-order valence-corrected chi connectivity index (χ4v) is 1.89. The summed E-state index contributed by atoms with van der Waals surface area (Å²) in [7, 11) is 0. The molecular weight excluding hydrogens is 176 g/mol. The number of hydrogen-bond donors (Lipinski definition) is 1. The maximum Gasteiger partial charge on any atom is 0.152 e. The Kier molecular flexibility index (Phi) is 2.54. The number of rotatable bonds is 2. The molecule has 2 atom stereocenters. The highest BCUT2D eigenvalue weighted by Gasteiger charge is 2.18. The van der Waals surface area contributed by atoms with Crippen LogP contribution in [-0.4, -0.2) is 20.8 Å². The first kappa shape index (κ1) is 9.65. The quantitative estimate of drug-likeness (QED) is 0.756. The second-order valence-electron chi connectivity index (χ2n) is 4.45. The van der Waals surface area contributed by atoms with Crippen molar-refractivity contribution in [1.29, 1.82) is 0 Å². The Bertz CT molecular complexity index is 316. The van der Waals surface area contributed by atoms with Crippen molar-refractivity contribution in [3.63, 3.8) is 0 Å². The minimum atomic E-state index is 0.150. The first-order valence-electron chi connectivity index (χ1n) is 5.33. The molecule has 0 saturated carbocycles. The molecule has 4 heteroatoms. The Morgan fingerprint density at radius 2 is 2.43 bits per heavy atom. The molecule has 4 nitrogen and oxygen atoms in total. The van der Waals surface area contributed by atoms with Gasteiger partial charge >= 0.3 is 0 Å². The van der Waals surface area contributed by atoms with Crippen molar-refractivity contribution < 1.29 is 0 Å². The molecule has 0 radical (unpaired) electrons. The molecule has 0 saturated heterocycles. The van der Waals surface area contributed by atoms with E-state index in [2.05, 4.69) is 17.0 Å². The van der Waals surface area contributed by atoms with Gasteiger partial charge in [-0.3, -0.25) is 0 Å². The number of aryl methyl sites for hydroxylation is 1. The highest BCUT2D eigenvalue weighted by atomic mass is 15.3. The van der Waals surface area contributed by atoms with Gasteiger partial charge in [0.1, 0.15) is 5.82 Å². The van der Waals surface area contributed by atoms with Crippen molar-refractivity contribution in [2.45, 2.75) is 45.7 Å². The molecule has 1 aromatic heterocycles. The molecule has 2 heterocycles. The van der Waals surface area contributed by atoms with E-state index in [9.17, 15) is 0 Å². The minimum Gasteiger partial charge on any atom is -0.328 e. The van der Waals surface area contributed by atoms with E-state index in [4.69, 9.17) is 5.73 Å². The van der Waals surface area contributed by atoms with Crippen LogP contribution in [0, 0.1) is 5.92 Å². The Morgan fingerprint density at radius 3 is 3.14 bits per heavy atom. The summed E-state index contributed by atoms with van der Waals surface area (Å²) in [4.78, 5) is 4.51. The van der Waals surface area contributed by atoms with Gasteiger partial charge in [-0.25, -0.2) is 9.67 Å². The number of nitrogens with zero attached hydrogens (tertiary/aromatic N) is 3. The second kappa shape index (κ2) is 3.69. The number of nitrogens with two attached hydrogens (primary N) is 1. The van der Waals surface area contributed by atoms with Gasteiger partial charge in [-0.2, -0.15) is 5.10 Å². The molecular formula is C10H18N4. The molecule has 2 rings (SSSR count). The normalized spacial score (nSPS) is 23.2. The van der Waals surface area contributed by atoms with Gasteiger partial charge in [-0.05, 0) is 19.3 Å². The molecule has 0 amide bonds. The van der Waals surface area contributed by atoms with Gasteiger partial charge in [0.15, 0.2) is 5.82 Å². The SMILES string of the molecule is CC(N)Cc1nc2n(n1)CCC(C)C2. The van der Waals surface area contributed by atoms with E-state index in [0.717, 1.165) is 37.0 Å². The maximum absolute atomic E-state index is 5.72. The van der Waals surface area contributed by atoms with Gasteiger partial charge in [0.25, 0.3) is 0 Å². The zero-order valence-corrected chi connectivity index (χ0v) is 8.90. The lowest BCUT2D eigenvalue weighted by Crippen LogP contribution is -2.19. The molecule has 1 aliphatic rings. The lowest BCUT2D eigenvalue weighted by Gasteiger charge is -2.17. The van der Waals surface area contributed by atoms with Crippen LogP contribution in [0.25, 0.3) is 0 Å². The van der Waals surface area contributed by atoms with Crippen LogP contribution in [0.5, 0.6) is 0 Å². The van der Waals surface area contributed by atoms with Crippen LogP contribution in [0.2, 0.25) is 0 Å². The molecule has 0 fully saturated rings. The van der Waals surface area contributed by atoms with E-state index in [1.807, 2.05) is 11.6 Å². The molecule has 14 heavy (non-hydrogen) atoms. The molecule has 0 aromatic carbocycles. The summed E-state index contributed by atoms with van der Waals surface area (Å²) < 4.78 is 2.04. The lowest BCUT2D eigenvalue weighted by molar-refractivity contribution is 0.385.